The summed E-state index contributed by atoms with van der Waals surface area (Å²) in [6, 6.07) is 15.1. The van der Waals surface area contributed by atoms with Crippen LogP contribution in [0.4, 0.5) is 5.69 Å². The average Bonchev–Trinajstić information content (AvgIpc) is 2.49. The average molecular weight is 346 g/mol. The van der Waals surface area contributed by atoms with Crippen LogP contribution < -0.4 is 10.1 Å². The van der Waals surface area contributed by atoms with E-state index in [4.69, 9.17) is 4.74 Å². The van der Waals surface area contributed by atoms with E-state index in [9.17, 15) is 4.79 Å². The molecular formula is C17H16BrNO2. The third-order valence-electron chi connectivity index (χ3n) is 2.76. The van der Waals surface area contributed by atoms with Crippen LogP contribution in [0.5, 0.6) is 5.75 Å². The van der Waals surface area contributed by atoms with Crippen LogP contribution >= 0.6 is 15.9 Å². The SMILES string of the molecule is CCOc1ccccc1NC(=O)/C=C/c1ccccc1Br. The van der Waals surface area contributed by atoms with E-state index in [0.29, 0.717) is 18.0 Å². The summed E-state index contributed by atoms with van der Waals surface area (Å²) in [6.45, 7) is 2.46. The molecule has 0 aliphatic rings. The van der Waals surface area contributed by atoms with Gasteiger partial charge in [0.2, 0.25) is 5.91 Å². The van der Waals surface area contributed by atoms with Gasteiger partial charge in [-0.05, 0) is 36.8 Å². The fourth-order valence-corrected chi connectivity index (χ4v) is 2.22. The zero-order chi connectivity index (χ0) is 15.1. The summed E-state index contributed by atoms with van der Waals surface area (Å²) >= 11 is 3.44. The summed E-state index contributed by atoms with van der Waals surface area (Å²) < 4.78 is 6.42. The number of carbonyl (C=O) groups is 1. The van der Waals surface area contributed by atoms with Crippen molar-refractivity contribution >= 4 is 33.6 Å². The molecule has 1 N–H and O–H groups in total. The van der Waals surface area contributed by atoms with Crippen LogP contribution in [0.1, 0.15) is 12.5 Å². The molecule has 0 aliphatic carbocycles. The molecule has 21 heavy (non-hydrogen) atoms. The van der Waals surface area contributed by atoms with E-state index in [-0.39, 0.29) is 5.91 Å². The van der Waals surface area contributed by atoms with Crippen LogP contribution in [-0.4, -0.2) is 12.5 Å². The molecule has 0 unspecified atom stereocenters. The Kier molecular flexibility index (Phi) is 5.58. The maximum atomic E-state index is 12.0. The highest BCUT2D eigenvalue weighted by molar-refractivity contribution is 9.10. The van der Waals surface area contributed by atoms with E-state index >= 15 is 0 Å². The van der Waals surface area contributed by atoms with Gasteiger partial charge in [0.05, 0.1) is 12.3 Å². The number of carbonyl (C=O) groups excluding carboxylic acids is 1. The summed E-state index contributed by atoms with van der Waals surface area (Å²) in [5, 5.41) is 2.82. The number of amides is 1. The summed E-state index contributed by atoms with van der Waals surface area (Å²) in [5.41, 5.74) is 1.62. The van der Waals surface area contributed by atoms with Crippen LogP contribution in [0.3, 0.4) is 0 Å². The highest BCUT2D eigenvalue weighted by Gasteiger charge is 2.04. The molecular weight excluding hydrogens is 330 g/mol. The summed E-state index contributed by atoms with van der Waals surface area (Å²) in [5.74, 6) is 0.473. The largest absolute Gasteiger partial charge is 0.492 e. The lowest BCUT2D eigenvalue weighted by Gasteiger charge is -2.09. The topological polar surface area (TPSA) is 38.3 Å². The second-order valence-corrected chi connectivity index (χ2v) is 5.13. The first-order valence-corrected chi connectivity index (χ1v) is 7.45. The number of nitrogens with one attached hydrogen (secondary N) is 1. The van der Waals surface area contributed by atoms with Crippen molar-refractivity contribution in [3.8, 4) is 5.75 Å². The Morgan fingerprint density at radius 3 is 2.67 bits per heavy atom. The number of anilines is 1. The summed E-state index contributed by atoms with van der Waals surface area (Å²) in [6.07, 6.45) is 3.27. The Balaban J connectivity index is 2.07. The molecule has 3 nitrogen and oxygen atoms in total. The quantitative estimate of drug-likeness (QED) is 0.810. The van der Waals surface area contributed by atoms with Crippen LogP contribution in [-0.2, 0) is 4.79 Å². The van der Waals surface area contributed by atoms with Crippen LogP contribution in [0.2, 0.25) is 0 Å². The molecule has 0 saturated heterocycles. The van der Waals surface area contributed by atoms with Crippen LogP contribution in [0.25, 0.3) is 6.08 Å². The van der Waals surface area contributed by atoms with Crippen molar-refractivity contribution in [2.75, 3.05) is 11.9 Å². The molecule has 4 heteroatoms. The van der Waals surface area contributed by atoms with Gasteiger partial charge in [-0.3, -0.25) is 4.79 Å². The first-order valence-electron chi connectivity index (χ1n) is 6.66. The van der Waals surface area contributed by atoms with Crippen molar-refractivity contribution in [1.29, 1.82) is 0 Å². The van der Waals surface area contributed by atoms with Gasteiger partial charge in [0, 0.05) is 10.5 Å². The molecule has 2 aromatic carbocycles. The van der Waals surface area contributed by atoms with Crippen LogP contribution in [0.15, 0.2) is 59.1 Å². The minimum absolute atomic E-state index is 0.196. The normalized spacial score (nSPS) is 10.6. The van der Waals surface area contributed by atoms with Crippen molar-refractivity contribution < 1.29 is 9.53 Å². The Hall–Kier alpha value is -2.07. The monoisotopic (exact) mass is 345 g/mol. The molecule has 2 aromatic rings. The van der Waals surface area contributed by atoms with E-state index in [1.165, 1.54) is 6.08 Å². The zero-order valence-electron chi connectivity index (χ0n) is 11.7. The van der Waals surface area contributed by atoms with Gasteiger partial charge in [0.25, 0.3) is 0 Å². The number of para-hydroxylation sites is 2. The van der Waals surface area contributed by atoms with E-state index in [1.54, 1.807) is 6.08 Å². The van der Waals surface area contributed by atoms with E-state index in [1.807, 2.05) is 55.5 Å². The van der Waals surface area contributed by atoms with Crippen molar-refractivity contribution in [2.24, 2.45) is 0 Å². The van der Waals surface area contributed by atoms with Gasteiger partial charge < -0.3 is 10.1 Å². The molecule has 0 heterocycles. The molecule has 2 rings (SSSR count). The van der Waals surface area contributed by atoms with E-state index in [2.05, 4.69) is 21.2 Å². The van der Waals surface area contributed by atoms with Crippen molar-refractivity contribution in [3.05, 3.63) is 64.6 Å². The first kappa shape index (κ1) is 15.3. The Morgan fingerprint density at radius 1 is 1.19 bits per heavy atom. The maximum absolute atomic E-state index is 12.0. The Labute approximate surface area is 132 Å². The summed E-state index contributed by atoms with van der Waals surface area (Å²) in [4.78, 5) is 12.0. The maximum Gasteiger partial charge on any atom is 0.248 e. The first-order chi connectivity index (χ1) is 10.2. The minimum atomic E-state index is -0.196. The minimum Gasteiger partial charge on any atom is -0.492 e. The smallest absolute Gasteiger partial charge is 0.248 e. The fraction of sp³-hybridized carbons (Fsp3) is 0.118. The molecule has 1 amide bonds. The van der Waals surface area contributed by atoms with Gasteiger partial charge in [-0.1, -0.05) is 46.3 Å². The van der Waals surface area contributed by atoms with Gasteiger partial charge in [0.15, 0.2) is 0 Å². The summed E-state index contributed by atoms with van der Waals surface area (Å²) in [7, 11) is 0. The predicted octanol–water partition coefficient (Wildman–Crippen LogP) is 4.50. The van der Waals surface area contributed by atoms with E-state index < -0.39 is 0 Å². The van der Waals surface area contributed by atoms with Gasteiger partial charge in [-0.25, -0.2) is 0 Å². The highest BCUT2D eigenvalue weighted by Crippen LogP contribution is 2.23. The number of halogens is 1. The molecule has 0 saturated carbocycles. The standard InChI is InChI=1S/C17H16BrNO2/c1-2-21-16-10-6-5-9-15(16)19-17(20)12-11-13-7-3-4-8-14(13)18/h3-12H,2H2,1H3,(H,19,20)/b12-11+. The number of ether oxygens (including phenoxy) is 1. The number of benzene rings is 2. The fourth-order valence-electron chi connectivity index (χ4n) is 1.80. The van der Waals surface area contributed by atoms with Crippen molar-refractivity contribution in [2.45, 2.75) is 6.92 Å². The van der Waals surface area contributed by atoms with Crippen LogP contribution in [0, 0.1) is 0 Å². The van der Waals surface area contributed by atoms with E-state index in [0.717, 1.165) is 10.0 Å². The molecule has 0 radical (unpaired) electrons. The molecule has 0 bridgehead atoms. The number of hydrogen-bond acceptors (Lipinski definition) is 2. The molecule has 0 atom stereocenters. The third kappa shape index (κ3) is 4.46. The predicted molar refractivity (Wildman–Crippen MR) is 89.4 cm³/mol. The zero-order valence-corrected chi connectivity index (χ0v) is 13.3. The van der Waals surface area contributed by atoms with Gasteiger partial charge in [0.1, 0.15) is 5.75 Å². The third-order valence-corrected chi connectivity index (χ3v) is 3.49. The number of hydrogen-bond donors (Lipinski definition) is 1. The molecule has 0 fully saturated rings. The molecule has 0 aliphatic heterocycles. The van der Waals surface area contributed by atoms with Gasteiger partial charge in [-0.15, -0.1) is 0 Å². The van der Waals surface area contributed by atoms with Gasteiger partial charge >= 0.3 is 0 Å². The Bertz CT molecular complexity index is 653. The highest BCUT2D eigenvalue weighted by atomic mass is 79.9. The lowest BCUT2D eigenvalue weighted by molar-refractivity contribution is -0.111. The second-order valence-electron chi connectivity index (χ2n) is 4.27. The van der Waals surface area contributed by atoms with Crippen molar-refractivity contribution in [1.82, 2.24) is 0 Å². The van der Waals surface area contributed by atoms with Crippen molar-refractivity contribution in [3.63, 3.8) is 0 Å². The lowest BCUT2D eigenvalue weighted by Crippen LogP contribution is -2.09. The molecule has 0 aromatic heterocycles. The number of rotatable bonds is 5. The Morgan fingerprint density at radius 2 is 1.90 bits per heavy atom. The lowest BCUT2D eigenvalue weighted by atomic mass is 10.2. The second kappa shape index (κ2) is 7.64. The molecule has 0 spiro atoms. The molecule has 108 valence electrons. The van der Waals surface area contributed by atoms with Gasteiger partial charge in [-0.2, -0.15) is 0 Å².